The number of benzene rings is 1. The molecule has 0 aromatic heterocycles. The molecule has 1 aromatic rings. The lowest BCUT2D eigenvalue weighted by atomic mass is 10.0. The molecule has 20 heavy (non-hydrogen) atoms. The Morgan fingerprint density at radius 1 is 1.20 bits per heavy atom. The van der Waals surface area contributed by atoms with Gasteiger partial charge in [-0.3, -0.25) is 0 Å². The second-order valence-corrected chi connectivity index (χ2v) is 5.85. The summed E-state index contributed by atoms with van der Waals surface area (Å²) in [6.07, 6.45) is 0.531. The first-order valence-corrected chi connectivity index (χ1v) is 6.82. The van der Waals surface area contributed by atoms with Crippen LogP contribution in [-0.4, -0.2) is 17.5 Å². The molecule has 0 saturated heterocycles. The average Bonchev–Trinajstić information content (AvgIpc) is 2.33. The maximum atomic E-state index is 11.9. The Balaban J connectivity index is 2.73. The second kappa shape index (κ2) is 7.08. The van der Waals surface area contributed by atoms with E-state index in [0.29, 0.717) is 12.8 Å². The Bertz CT molecular complexity index is 449. The Kier molecular flexibility index (Phi) is 5.74. The first kappa shape index (κ1) is 16.2. The quantitative estimate of drug-likeness (QED) is 0.894. The summed E-state index contributed by atoms with van der Waals surface area (Å²) in [5.41, 5.74) is 0.436. The third-order valence-electron chi connectivity index (χ3n) is 2.68. The second-order valence-electron chi connectivity index (χ2n) is 5.85. The van der Waals surface area contributed by atoms with Gasteiger partial charge in [-0.15, -0.1) is 0 Å². The molecule has 0 aliphatic heterocycles. The minimum absolute atomic E-state index is 0.108. The van der Waals surface area contributed by atoms with Gasteiger partial charge in [0.05, 0.1) is 6.04 Å². The fraction of sp³-hybridized carbons (Fsp3) is 0.500. The van der Waals surface area contributed by atoms with Gasteiger partial charge in [0.2, 0.25) is 0 Å². The van der Waals surface area contributed by atoms with Gasteiger partial charge in [0.15, 0.2) is 0 Å². The molecule has 4 heteroatoms. The van der Waals surface area contributed by atoms with Crippen LogP contribution in [0.25, 0.3) is 0 Å². The van der Waals surface area contributed by atoms with Crippen LogP contribution in [0.3, 0.4) is 0 Å². The van der Waals surface area contributed by atoms with E-state index in [-0.39, 0.29) is 11.8 Å². The molecule has 1 amide bonds. The van der Waals surface area contributed by atoms with Crippen molar-refractivity contribution in [1.82, 2.24) is 5.32 Å². The predicted molar refractivity (Wildman–Crippen MR) is 78.5 cm³/mol. The van der Waals surface area contributed by atoms with Crippen molar-refractivity contribution in [2.45, 2.75) is 52.2 Å². The zero-order valence-electron chi connectivity index (χ0n) is 12.6. The largest absolute Gasteiger partial charge is 0.444 e. The van der Waals surface area contributed by atoms with Gasteiger partial charge >= 0.3 is 6.09 Å². The summed E-state index contributed by atoms with van der Waals surface area (Å²) in [7, 11) is 0. The number of rotatable bonds is 5. The zero-order valence-corrected chi connectivity index (χ0v) is 12.6. The topological polar surface area (TPSA) is 55.4 Å². The van der Waals surface area contributed by atoms with Crippen molar-refractivity contribution in [3.8, 4) is 0 Å². The van der Waals surface area contributed by atoms with E-state index < -0.39 is 11.7 Å². The minimum atomic E-state index is -0.536. The van der Waals surface area contributed by atoms with E-state index in [9.17, 15) is 9.59 Å². The monoisotopic (exact) mass is 277 g/mol. The van der Waals surface area contributed by atoms with Crippen molar-refractivity contribution >= 4 is 11.9 Å². The van der Waals surface area contributed by atoms with Gasteiger partial charge in [-0.2, -0.15) is 0 Å². The van der Waals surface area contributed by atoms with Gasteiger partial charge < -0.3 is 14.8 Å². The van der Waals surface area contributed by atoms with Crippen molar-refractivity contribution in [2.24, 2.45) is 0 Å². The summed E-state index contributed by atoms with van der Waals surface area (Å²) in [6.45, 7) is 7.01. The highest BCUT2D eigenvalue weighted by Gasteiger charge is 2.20. The lowest BCUT2D eigenvalue weighted by Crippen LogP contribution is -2.35. The third-order valence-corrected chi connectivity index (χ3v) is 2.68. The smallest absolute Gasteiger partial charge is 0.408 e. The number of nitrogens with one attached hydrogen (secondary N) is 1. The fourth-order valence-electron chi connectivity index (χ4n) is 1.80. The summed E-state index contributed by atoms with van der Waals surface area (Å²) < 4.78 is 5.26. The first-order chi connectivity index (χ1) is 9.28. The van der Waals surface area contributed by atoms with Crippen LogP contribution >= 0.6 is 0 Å². The van der Waals surface area contributed by atoms with Crippen molar-refractivity contribution < 1.29 is 14.3 Å². The van der Waals surface area contributed by atoms with Gasteiger partial charge in [0, 0.05) is 6.42 Å². The number of alkyl carbamates (subject to hydrolysis) is 1. The van der Waals surface area contributed by atoms with Gasteiger partial charge in [0.25, 0.3) is 0 Å². The van der Waals surface area contributed by atoms with E-state index in [1.54, 1.807) is 6.92 Å². The van der Waals surface area contributed by atoms with Gasteiger partial charge in [-0.25, -0.2) is 4.79 Å². The van der Waals surface area contributed by atoms with Crippen LogP contribution in [0.5, 0.6) is 0 Å². The number of hydrogen-bond acceptors (Lipinski definition) is 3. The molecular formula is C16H23NO3. The SMILES string of the molecule is CC(=O)CCC(NC(=O)OC(C)(C)C)c1ccccc1. The van der Waals surface area contributed by atoms with Crippen LogP contribution in [-0.2, 0) is 9.53 Å². The lowest BCUT2D eigenvalue weighted by molar-refractivity contribution is -0.117. The first-order valence-electron chi connectivity index (χ1n) is 6.82. The molecule has 1 rings (SSSR count). The molecule has 1 unspecified atom stereocenters. The molecule has 1 aromatic carbocycles. The van der Waals surface area contributed by atoms with Crippen LogP contribution in [0.1, 0.15) is 52.1 Å². The molecular weight excluding hydrogens is 254 g/mol. The van der Waals surface area contributed by atoms with Crippen LogP contribution in [0.2, 0.25) is 0 Å². The number of hydrogen-bond donors (Lipinski definition) is 1. The van der Waals surface area contributed by atoms with E-state index in [0.717, 1.165) is 5.56 Å². The normalized spacial score (nSPS) is 12.6. The summed E-state index contributed by atoms with van der Waals surface area (Å²) in [5.74, 6) is 0.108. The number of Topliss-reactive ketones (excluding diaryl/α,β-unsaturated/α-hetero) is 1. The van der Waals surface area contributed by atoms with Crippen LogP contribution in [0.15, 0.2) is 30.3 Å². The Morgan fingerprint density at radius 2 is 1.80 bits per heavy atom. The maximum Gasteiger partial charge on any atom is 0.408 e. The summed E-state index contributed by atoms with van der Waals surface area (Å²) in [5, 5.41) is 2.83. The molecule has 110 valence electrons. The maximum absolute atomic E-state index is 11.9. The summed E-state index contributed by atoms with van der Waals surface area (Å²) in [4.78, 5) is 23.0. The number of carbonyl (C=O) groups is 2. The van der Waals surface area contributed by atoms with E-state index in [4.69, 9.17) is 4.74 Å². The van der Waals surface area contributed by atoms with Crippen molar-refractivity contribution in [3.63, 3.8) is 0 Å². The van der Waals surface area contributed by atoms with Gasteiger partial charge in [0.1, 0.15) is 11.4 Å². The van der Waals surface area contributed by atoms with Crippen molar-refractivity contribution in [1.29, 1.82) is 0 Å². The summed E-state index contributed by atoms with van der Waals surface area (Å²) >= 11 is 0. The highest BCUT2D eigenvalue weighted by Crippen LogP contribution is 2.19. The van der Waals surface area contributed by atoms with Crippen molar-refractivity contribution in [2.75, 3.05) is 0 Å². The fourth-order valence-corrected chi connectivity index (χ4v) is 1.80. The third kappa shape index (κ3) is 6.36. The molecule has 0 bridgehead atoms. The zero-order chi connectivity index (χ0) is 15.2. The van der Waals surface area contributed by atoms with Crippen molar-refractivity contribution in [3.05, 3.63) is 35.9 Å². The molecule has 4 nitrogen and oxygen atoms in total. The van der Waals surface area contributed by atoms with Gasteiger partial charge in [-0.1, -0.05) is 30.3 Å². The highest BCUT2D eigenvalue weighted by molar-refractivity contribution is 5.75. The molecule has 0 radical (unpaired) electrons. The predicted octanol–water partition coefficient (Wildman–Crippen LogP) is 3.62. The molecule has 0 spiro atoms. The van der Waals surface area contributed by atoms with Gasteiger partial charge in [-0.05, 0) is 39.7 Å². The van der Waals surface area contributed by atoms with E-state index >= 15 is 0 Å². The van der Waals surface area contributed by atoms with E-state index in [1.807, 2.05) is 51.1 Å². The minimum Gasteiger partial charge on any atom is -0.444 e. The van der Waals surface area contributed by atoms with E-state index in [2.05, 4.69) is 5.32 Å². The molecule has 1 N–H and O–H groups in total. The number of carbonyl (C=O) groups excluding carboxylic acids is 2. The Labute approximate surface area is 120 Å². The average molecular weight is 277 g/mol. The molecule has 0 fully saturated rings. The van der Waals surface area contributed by atoms with Crippen LogP contribution < -0.4 is 5.32 Å². The number of ketones is 1. The van der Waals surface area contributed by atoms with Crippen LogP contribution in [0, 0.1) is 0 Å². The number of ether oxygens (including phenoxy) is 1. The Morgan fingerprint density at radius 3 is 2.30 bits per heavy atom. The molecule has 0 saturated carbocycles. The standard InChI is InChI=1S/C16H23NO3/c1-12(18)10-11-14(13-8-6-5-7-9-13)17-15(19)20-16(2,3)4/h5-9,14H,10-11H2,1-4H3,(H,17,19). The highest BCUT2D eigenvalue weighted by atomic mass is 16.6. The lowest BCUT2D eigenvalue weighted by Gasteiger charge is -2.23. The van der Waals surface area contributed by atoms with E-state index in [1.165, 1.54) is 0 Å². The van der Waals surface area contributed by atoms with Crippen LogP contribution in [0.4, 0.5) is 4.79 Å². The molecule has 1 atom stereocenters. The number of amides is 1. The summed E-state index contributed by atoms with van der Waals surface area (Å²) in [6, 6.07) is 9.39. The molecule has 0 aliphatic rings. The molecule has 0 aliphatic carbocycles. The Hall–Kier alpha value is -1.84. The molecule has 0 heterocycles.